The second-order valence-electron chi connectivity index (χ2n) is 7.32. The number of aryl methyl sites for hydroxylation is 1. The summed E-state index contributed by atoms with van der Waals surface area (Å²) in [5.74, 6) is -0.0103. The molecule has 0 aliphatic carbocycles. The molecule has 3 aromatic rings. The highest BCUT2D eigenvalue weighted by atomic mass is 16.1. The van der Waals surface area contributed by atoms with E-state index in [1.165, 1.54) is 23.3 Å². The van der Waals surface area contributed by atoms with Crippen molar-refractivity contribution in [1.82, 2.24) is 9.88 Å². The number of hydrogen-bond donors (Lipinski definition) is 1. The second-order valence-corrected chi connectivity index (χ2v) is 7.32. The topological polar surface area (TPSA) is 53.2 Å². The molecule has 4 nitrogen and oxygen atoms in total. The summed E-state index contributed by atoms with van der Waals surface area (Å²) in [4.78, 5) is 30.0. The summed E-state index contributed by atoms with van der Waals surface area (Å²) in [5, 5.41) is 2.41. The lowest BCUT2D eigenvalue weighted by atomic mass is 10.0. The zero-order valence-electron chi connectivity index (χ0n) is 16.6. The summed E-state index contributed by atoms with van der Waals surface area (Å²) in [6.45, 7) is 7.79. The second kappa shape index (κ2) is 7.49. The monoisotopic (exact) mass is 362 g/mol. The number of aromatic nitrogens is 1. The summed E-state index contributed by atoms with van der Waals surface area (Å²) >= 11 is 0. The van der Waals surface area contributed by atoms with Gasteiger partial charge < -0.3 is 4.98 Å². The number of H-pyrrole nitrogens is 1. The van der Waals surface area contributed by atoms with Crippen LogP contribution in [-0.2, 0) is 6.54 Å². The molecule has 27 heavy (non-hydrogen) atoms. The molecule has 1 atom stereocenters. The molecule has 0 saturated heterocycles. The highest BCUT2D eigenvalue weighted by Gasteiger charge is 2.25. The summed E-state index contributed by atoms with van der Waals surface area (Å²) in [6, 6.07) is 14.3. The van der Waals surface area contributed by atoms with Crippen molar-refractivity contribution in [2.75, 3.05) is 7.05 Å². The SMILES string of the molecule is CC(=O)c1c(C)[nH]c(C(=O)[C@H](C)N(C)Cc2ccc3ccccc3c2)c1C. The van der Waals surface area contributed by atoms with E-state index < -0.39 is 0 Å². The fourth-order valence-electron chi connectivity index (χ4n) is 3.70. The third-order valence-corrected chi connectivity index (χ3v) is 5.32. The van der Waals surface area contributed by atoms with Crippen molar-refractivity contribution < 1.29 is 9.59 Å². The van der Waals surface area contributed by atoms with Crippen molar-refractivity contribution in [2.45, 2.75) is 40.3 Å². The number of likely N-dealkylation sites (N-methyl/N-ethyl adjacent to an activating group) is 1. The van der Waals surface area contributed by atoms with Gasteiger partial charge in [-0.25, -0.2) is 0 Å². The smallest absolute Gasteiger partial charge is 0.196 e. The molecule has 0 unspecified atom stereocenters. The van der Waals surface area contributed by atoms with E-state index in [9.17, 15) is 9.59 Å². The first-order chi connectivity index (χ1) is 12.8. The van der Waals surface area contributed by atoms with Crippen LogP contribution in [0, 0.1) is 13.8 Å². The molecule has 2 aromatic carbocycles. The number of hydrogen-bond acceptors (Lipinski definition) is 3. The van der Waals surface area contributed by atoms with Crippen molar-refractivity contribution >= 4 is 22.3 Å². The lowest BCUT2D eigenvalue weighted by Crippen LogP contribution is -2.36. The van der Waals surface area contributed by atoms with Crippen LogP contribution < -0.4 is 0 Å². The molecular weight excluding hydrogens is 336 g/mol. The van der Waals surface area contributed by atoms with Gasteiger partial charge in [-0.05, 0) is 62.7 Å². The van der Waals surface area contributed by atoms with Gasteiger partial charge in [-0.1, -0.05) is 36.4 Å². The Hall–Kier alpha value is -2.72. The Morgan fingerprint density at radius 3 is 2.37 bits per heavy atom. The number of nitrogens with one attached hydrogen (secondary N) is 1. The Kier molecular flexibility index (Phi) is 5.29. The molecule has 3 rings (SSSR count). The molecule has 0 amide bonds. The van der Waals surface area contributed by atoms with E-state index in [-0.39, 0.29) is 17.6 Å². The molecule has 1 aromatic heterocycles. The Bertz CT molecular complexity index is 1020. The summed E-state index contributed by atoms with van der Waals surface area (Å²) in [5.41, 5.74) is 3.83. The molecule has 0 aliphatic rings. The van der Waals surface area contributed by atoms with Crippen LogP contribution in [0.15, 0.2) is 42.5 Å². The maximum atomic E-state index is 13.0. The summed E-state index contributed by atoms with van der Waals surface area (Å²) in [7, 11) is 1.95. The van der Waals surface area contributed by atoms with Crippen LogP contribution >= 0.6 is 0 Å². The van der Waals surface area contributed by atoms with Gasteiger partial charge >= 0.3 is 0 Å². The molecule has 0 saturated carbocycles. The molecule has 140 valence electrons. The van der Waals surface area contributed by atoms with Crippen molar-refractivity contribution in [1.29, 1.82) is 0 Å². The van der Waals surface area contributed by atoms with E-state index in [0.29, 0.717) is 17.8 Å². The Morgan fingerprint density at radius 2 is 1.74 bits per heavy atom. The predicted octanol–water partition coefficient (Wildman–Crippen LogP) is 4.69. The maximum Gasteiger partial charge on any atom is 0.196 e. The molecule has 4 heteroatoms. The largest absolute Gasteiger partial charge is 0.355 e. The first kappa shape index (κ1) is 19.1. The Labute approximate surface area is 160 Å². The van der Waals surface area contributed by atoms with Gasteiger partial charge in [0.2, 0.25) is 0 Å². The molecule has 0 bridgehead atoms. The van der Waals surface area contributed by atoms with Gasteiger partial charge in [-0.15, -0.1) is 0 Å². The minimum Gasteiger partial charge on any atom is -0.355 e. The third-order valence-electron chi connectivity index (χ3n) is 5.32. The predicted molar refractivity (Wildman–Crippen MR) is 109 cm³/mol. The molecular formula is C23H26N2O2. The van der Waals surface area contributed by atoms with Crippen LogP contribution in [0.25, 0.3) is 10.8 Å². The van der Waals surface area contributed by atoms with E-state index in [0.717, 1.165) is 11.3 Å². The summed E-state index contributed by atoms with van der Waals surface area (Å²) in [6.07, 6.45) is 0. The number of carbonyl (C=O) groups excluding carboxylic acids is 2. The fraction of sp³-hybridized carbons (Fsp3) is 0.304. The van der Waals surface area contributed by atoms with Gasteiger partial charge in [0.1, 0.15) is 0 Å². The van der Waals surface area contributed by atoms with Gasteiger partial charge in [0.25, 0.3) is 0 Å². The van der Waals surface area contributed by atoms with Crippen LogP contribution in [0.1, 0.15) is 51.5 Å². The van der Waals surface area contributed by atoms with E-state index in [1.54, 1.807) is 0 Å². The number of ketones is 2. The molecule has 0 fully saturated rings. The lowest BCUT2D eigenvalue weighted by Gasteiger charge is -2.23. The highest BCUT2D eigenvalue weighted by molar-refractivity contribution is 6.05. The van der Waals surface area contributed by atoms with Gasteiger partial charge in [-0.3, -0.25) is 14.5 Å². The first-order valence-electron chi connectivity index (χ1n) is 9.21. The highest BCUT2D eigenvalue weighted by Crippen LogP contribution is 2.22. The minimum absolute atomic E-state index is 0.00592. The quantitative estimate of drug-likeness (QED) is 0.647. The van der Waals surface area contributed by atoms with Gasteiger partial charge in [0, 0.05) is 17.8 Å². The number of fused-ring (bicyclic) bond motifs is 1. The van der Waals surface area contributed by atoms with E-state index in [2.05, 4.69) is 35.3 Å². The van der Waals surface area contributed by atoms with Crippen molar-refractivity contribution in [2.24, 2.45) is 0 Å². The normalized spacial score (nSPS) is 12.5. The van der Waals surface area contributed by atoms with Crippen LogP contribution in [0.5, 0.6) is 0 Å². The number of nitrogens with zero attached hydrogens (tertiary/aromatic N) is 1. The number of Topliss-reactive ketones (excluding diaryl/α,β-unsaturated/α-hetero) is 2. The van der Waals surface area contributed by atoms with Gasteiger partial charge in [-0.2, -0.15) is 0 Å². The Morgan fingerprint density at radius 1 is 1.07 bits per heavy atom. The first-order valence-corrected chi connectivity index (χ1v) is 9.21. The van der Waals surface area contributed by atoms with E-state index in [1.807, 2.05) is 44.9 Å². The van der Waals surface area contributed by atoms with Gasteiger partial charge in [0.15, 0.2) is 11.6 Å². The van der Waals surface area contributed by atoms with Crippen LogP contribution in [-0.4, -0.2) is 34.5 Å². The van der Waals surface area contributed by atoms with Crippen LogP contribution in [0.3, 0.4) is 0 Å². The van der Waals surface area contributed by atoms with Crippen molar-refractivity contribution in [3.05, 3.63) is 70.5 Å². The molecule has 1 N–H and O–H groups in total. The Balaban J connectivity index is 1.80. The zero-order valence-corrected chi connectivity index (χ0v) is 16.6. The standard InChI is InChI=1S/C23H26N2O2/c1-14-21(17(4)26)15(2)24-22(14)23(27)16(3)25(5)13-18-10-11-19-8-6-7-9-20(19)12-18/h6-12,16,24H,13H2,1-5H3/t16-/m0/s1. The molecule has 0 aliphatic heterocycles. The van der Waals surface area contributed by atoms with E-state index >= 15 is 0 Å². The molecule has 1 heterocycles. The summed E-state index contributed by atoms with van der Waals surface area (Å²) < 4.78 is 0. The fourth-order valence-corrected chi connectivity index (χ4v) is 3.70. The molecule has 0 radical (unpaired) electrons. The number of carbonyl (C=O) groups is 2. The number of rotatable bonds is 6. The number of aromatic amines is 1. The maximum absolute atomic E-state index is 13.0. The van der Waals surface area contributed by atoms with Crippen molar-refractivity contribution in [3.63, 3.8) is 0 Å². The van der Waals surface area contributed by atoms with Crippen LogP contribution in [0.4, 0.5) is 0 Å². The van der Waals surface area contributed by atoms with E-state index in [4.69, 9.17) is 0 Å². The molecule has 0 spiro atoms. The lowest BCUT2D eigenvalue weighted by molar-refractivity contribution is 0.0856. The minimum atomic E-state index is -0.298. The van der Waals surface area contributed by atoms with Crippen molar-refractivity contribution in [3.8, 4) is 0 Å². The average molecular weight is 362 g/mol. The van der Waals surface area contributed by atoms with Crippen LogP contribution in [0.2, 0.25) is 0 Å². The third kappa shape index (κ3) is 3.71. The zero-order chi connectivity index (χ0) is 19.7. The van der Waals surface area contributed by atoms with Gasteiger partial charge in [0.05, 0.1) is 11.7 Å². The number of benzene rings is 2. The average Bonchev–Trinajstić information content (AvgIpc) is 2.94.